The van der Waals surface area contributed by atoms with Gasteiger partial charge in [0.1, 0.15) is 0 Å². The van der Waals surface area contributed by atoms with Crippen molar-refractivity contribution in [1.29, 1.82) is 5.26 Å². The average molecular weight is 376 g/mol. The molecule has 0 N–H and O–H groups in total. The first-order chi connectivity index (χ1) is 11.6. The first-order valence-corrected chi connectivity index (χ1v) is 9.63. The van der Waals surface area contributed by atoms with E-state index in [0.717, 1.165) is 5.56 Å². The molecular weight excluding hydrogens is 359 g/mol. The zero-order valence-electron chi connectivity index (χ0n) is 13.9. The molecule has 0 atom stereocenters. The molecule has 0 aliphatic carbocycles. The molecule has 24 heavy (non-hydrogen) atoms. The Hall–Kier alpha value is -2.40. The normalized spacial score (nSPS) is 11.1. The predicted octanol–water partition coefficient (Wildman–Crippen LogP) is 4.03. The Kier molecular flexibility index (Phi) is 3.53. The fourth-order valence-corrected chi connectivity index (χ4v) is 6.25. The molecule has 0 saturated carbocycles. The van der Waals surface area contributed by atoms with Gasteiger partial charge in [0.25, 0.3) is 0 Å². The molecule has 2 nitrogen and oxygen atoms in total. The van der Waals surface area contributed by atoms with Gasteiger partial charge in [-0.1, -0.05) is 0 Å². The Balaban J connectivity index is 2.16. The monoisotopic (exact) mass is 377 g/mol. The summed E-state index contributed by atoms with van der Waals surface area (Å²) in [6, 6.07) is 17.3. The van der Waals surface area contributed by atoms with Crippen LogP contribution in [0, 0.1) is 25.2 Å². The van der Waals surface area contributed by atoms with E-state index in [-0.39, 0.29) is 14.5 Å². The second-order valence-electron chi connectivity index (χ2n) is 6.23. The van der Waals surface area contributed by atoms with E-state index in [1.165, 1.54) is 41.7 Å². The van der Waals surface area contributed by atoms with Crippen LogP contribution in [-0.4, -0.2) is 14.5 Å². The van der Waals surface area contributed by atoms with Crippen molar-refractivity contribution >= 4 is 33.8 Å². The molecule has 4 aromatic rings. The van der Waals surface area contributed by atoms with Gasteiger partial charge in [0.15, 0.2) is 0 Å². The van der Waals surface area contributed by atoms with Crippen molar-refractivity contribution in [1.82, 2.24) is 0 Å². The predicted molar refractivity (Wildman–Crippen MR) is 99.2 cm³/mol. The number of aromatic nitrogens is 1. The van der Waals surface area contributed by atoms with E-state index in [1.807, 2.05) is 12.1 Å². The van der Waals surface area contributed by atoms with E-state index in [9.17, 15) is 5.26 Å². The van der Waals surface area contributed by atoms with Gasteiger partial charge in [-0.3, -0.25) is 0 Å². The summed E-state index contributed by atoms with van der Waals surface area (Å²) in [5.74, 6) is 0. The molecule has 2 heterocycles. The van der Waals surface area contributed by atoms with Crippen molar-refractivity contribution < 1.29 is 4.57 Å². The van der Waals surface area contributed by atoms with Gasteiger partial charge in [-0.2, -0.15) is 0 Å². The van der Waals surface area contributed by atoms with Crippen molar-refractivity contribution in [2.45, 2.75) is 13.8 Å². The average Bonchev–Trinajstić information content (AvgIpc) is 2.94. The standard InChI is InChI=1S/C21H17N2Se/c1-13-7-10-18(23(3)12-13)19-14(2)8-9-17-16-6-4-5-15(11-22)20(16)24-21(17)19/h4-10,12H,1-3H3/q+1. The third kappa shape index (κ3) is 2.19. The Morgan fingerprint density at radius 2 is 1.75 bits per heavy atom. The number of fused-ring (bicyclic) bond motifs is 3. The van der Waals surface area contributed by atoms with Crippen LogP contribution in [0.15, 0.2) is 48.7 Å². The molecule has 0 bridgehead atoms. The van der Waals surface area contributed by atoms with Gasteiger partial charge in [-0.05, 0) is 0 Å². The molecule has 116 valence electrons. The summed E-state index contributed by atoms with van der Waals surface area (Å²) in [6.07, 6.45) is 2.17. The van der Waals surface area contributed by atoms with Crippen molar-refractivity contribution in [2.24, 2.45) is 7.05 Å². The quantitative estimate of drug-likeness (QED) is 0.364. The Morgan fingerprint density at radius 1 is 0.958 bits per heavy atom. The van der Waals surface area contributed by atoms with Crippen LogP contribution in [0.3, 0.4) is 0 Å². The molecule has 3 heteroatoms. The molecule has 0 saturated heterocycles. The summed E-state index contributed by atoms with van der Waals surface area (Å²) >= 11 is 0.163. The fourth-order valence-electron chi connectivity index (χ4n) is 3.37. The maximum atomic E-state index is 9.45. The molecule has 0 aliphatic heterocycles. The zero-order valence-corrected chi connectivity index (χ0v) is 15.6. The summed E-state index contributed by atoms with van der Waals surface area (Å²) in [5.41, 5.74) is 5.94. The summed E-state index contributed by atoms with van der Waals surface area (Å²) in [6.45, 7) is 4.30. The van der Waals surface area contributed by atoms with Crippen LogP contribution >= 0.6 is 0 Å². The van der Waals surface area contributed by atoms with Crippen molar-refractivity contribution in [3.8, 4) is 17.3 Å². The number of aryl methyl sites for hydroxylation is 3. The third-order valence-corrected chi connectivity index (χ3v) is 7.20. The maximum absolute atomic E-state index is 9.45. The number of hydrogen-bond acceptors (Lipinski definition) is 1. The van der Waals surface area contributed by atoms with Gasteiger partial charge in [-0.15, -0.1) is 0 Å². The molecule has 0 unspecified atom stereocenters. The molecular formula is C21H17N2Se+. The van der Waals surface area contributed by atoms with Gasteiger partial charge in [0, 0.05) is 0 Å². The van der Waals surface area contributed by atoms with Crippen LogP contribution in [0.25, 0.3) is 30.6 Å². The van der Waals surface area contributed by atoms with Crippen molar-refractivity contribution in [2.75, 3.05) is 0 Å². The van der Waals surface area contributed by atoms with E-state index in [2.05, 4.69) is 68.1 Å². The van der Waals surface area contributed by atoms with Crippen molar-refractivity contribution in [3.63, 3.8) is 0 Å². The summed E-state index contributed by atoms with van der Waals surface area (Å²) in [4.78, 5) is 0. The number of nitrogens with zero attached hydrogens (tertiary/aromatic N) is 2. The minimum absolute atomic E-state index is 0.163. The topological polar surface area (TPSA) is 27.7 Å². The summed E-state index contributed by atoms with van der Waals surface area (Å²) in [5, 5.41) is 12.0. The van der Waals surface area contributed by atoms with E-state index in [0.29, 0.717) is 0 Å². The second kappa shape index (κ2) is 5.60. The van der Waals surface area contributed by atoms with Gasteiger partial charge in [0.2, 0.25) is 0 Å². The molecule has 2 aromatic heterocycles. The molecule has 0 fully saturated rings. The molecule has 4 rings (SSSR count). The zero-order chi connectivity index (χ0) is 16.8. The number of pyridine rings is 1. The van der Waals surface area contributed by atoms with E-state index >= 15 is 0 Å². The number of benzene rings is 2. The molecule has 0 amide bonds. The van der Waals surface area contributed by atoms with Crippen LogP contribution in [0.2, 0.25) is 0 Å². The first-order valence-electron chi connectivity index (χ1n) is 7.91. The van der Waals surface area contributed by atoms with Crippen LogP contribution < -0.4 is 4.57 Å². The number of rotatable bonds is 1. The van der Waals surface area contributed by atoms with Crippen LogP contribution in [-0.2, 0) is 7.05 Å². The molecule has 0 aliphatic rings. The number of hydrogen-bond donors (Lipinski definition) is 0. The molecule has 2 aromatic carbocycles. The van der Waals surface area contributed by atoms with Crippen LogP contribution in [0.5, 0.6) is 0 Å². The van der Waals surface area contributed by atoms with E-state index < -0.39 is 0 Å². The molecule has 0 spiro atoms. The SMILES string of the molecule is Cc1ccc(-c2c(C)ccc3c2[se]c2c(C#N)cccc23)[n+](C)c1. The van der Waals surface area contributed by atoms with Crippen molar-refractivity contribution in [3.05, 3.63) is 65.4 Å². The summed E-state index contributed by atoms with van der Waals surface area (Å²) < 4.78 is 4.84. The van der Waals surface area contributed by atoms with E-state index in [4.69, 9.17) is 0 Å². The van der Waals surface area contributed by atoms with E-state index in [1.54, 1.807) is 0 Å². The van der Waals surface area contributed by atoms with Crippen LogP contribution in [0.4, 0.5) is 0 Å². The Labute approximate surface area is 147 Å². The van der Waals surface area contributed by atoms with Crippen LogP contribution in [0.1, 0.15) is 16.7 Å². The van der Waals surface area contributed by atoms with Gasteiger partial charge < -0.3 is 0 Å². The van der Waals surface area contributed by atoms with Gasteiger partial charge in [-0.25, -0.2) is 0 Å². The Bertz CT molecular complexity index is 1150. The Morgan fingerprint density at radius 3 is 2.50 bits per heavy atom. The van der Waals surface area contributed by atoms with Gasteiger partial charge >= 0.3 is 147 Å². The molecule has 0 radical (unpaired) electrons. The second-order valence-corrected chi connectivity index (χ2v) is 8.37. The first kappa shape index (κ1) is 15.1. The fraction of sp³-hybridized carbons (Fsp3) is 0.143. The summed E-state index contributed by atoms with van der Waals surface area (Å²) in [7, 11) is 2.11. The number of nitriles is 1. The van der Waals surface area contributed by atoms with Gasteiger partial charge in [0.05, 0.1) is 0 Å². The minimum atomic E-state index is 0.163. The third-order valence-electron chi connectivity index (χ3n) is 4.53.